The van der Waals surface area contributed by atoms with Crippen LogP contribution in [0.4, 0.5) is 5.82 Å². The molecule has 4 heterocycles. The van der Waals surface area contributed by atoms with Crippen molar-refractivity contribution in [3.8, 4) is 11.4 Å². The maximum Gasteiger partial charge on any atom is 0.357 e. The van der Waals surface area contributed by atoms with Crippen molar-refractivity contribution in [3.63, 3.8) is 0 Å². The molecule has 3 aromatic heterocycles. The number of nitrogens with zero attached hydrogens (tertiary/aromatic N) is 7. The Balaban J connectivity index is 1.27. The highest BCUT2D eigenvalue weighted by atomic mass is 16.5. The number of carbonyl (C=O) groups excluding carboxylic acids is 2. The Morgan fingerprint density at radius 1 is 0.972 bits per heavy atom. The monoisotopic (exact) mass is 485 g/mol. The SMILES string of the molecule is O=C(OCC(=O)N1CCN(c2ccccn2)CC1)/C(=C/c1ccco1)n1nnnc1-c1ccccc1. The third-order valence-corrected chi connectivity index (χ3v) is 5.69. The number of esters is 1. The molecule has 0 radical (unpaired) electrons. The van der Waals surface area contributed by atoms with Crippen LogP contribution < -0.4 is 4.90 Å². The molecule has 0 unspecified atom stereocenters. The quantitative estimate of drug-likeness (QED) is 0.287. The van der Waals surface area contributed by atoms with Crippen molar-refractivity contribution in [2.24, 2.45) is 0 Å². The van der Waals surface area contributed by atoms with E-state index in [1.807, 2.05) is 48.5 Å². The molecular formula is C25H23N7O4. The molecule has 0 saturated carbocycles. The Kier molecular flexibility index (Phi) is 6.79. The van der Waals surface area contributed by atoms with Crippen LogP contribution in [-0.4, -0.2) is 74.8 Å². The summed E-state index contributed by atoms with van der Waals surface area (Å²) in [5.41, 5.74) is 0.726. The Morgan fingerprint density at radius 2 is 1.78 bits per heavy atom. The van der Waals surface area contributed by atoms with Crippen molar-refractivity contribution in [3.05, 3.63) is 78.9 Å². The van der Waals surface area contributed by atoms with Crippen LogP contribution in [0.15, 0.2) is 77.5 Å². The molecule has 1 aliphatic heterocycles. The number of aromatic nitrogens is 5. The molecule has 1 aliphatic rings. The van der Waals surface area contributed by atoms with Gasteiger partial charge in [0.05, 0.1) is 6.26 Å². The smallest absolute Gasteiger partial charge is 0.357 e. The van der Waals surface area contributed by atoms with Gasteiger partial charge in [-0.1, -0.05) is 36.4 Å². The highest BCUT2D eigenvalue weighted by Gasteiger charge is 2.25. The van der Waals surface area contributed by atoms with E-state index in [0.717, 1.165) is 5.82 Å². The molecule has 4 aromatic rings. The summed E-state index contributed by atoms with van der Waals surface area (Å²) in [6, 6.07) is 18.3. The van der Waals surface area contributed by atoms with Gasteiger partial charge in [-0.05, 0) is 34.7 Å². The number of rotatable bonds is 7. The van der Waals surface area contributed by atoms with Crippen molar-refractivity contribution in [2.45, 2.75) is 0 Å². The Morgan fingerprint density at radius 3 is 2.50 bits per heavy atom. The van der Waals surface area contributed by atoms with E-state index in [4.69, 9.17) is 9.15 Å². The second-order valence-electron chi connectivity index (χ2n) is 7.96. The summed E-state index contributed by atoms with van der Waals surface area (Å²) in [4.78, 5) is 34.1. The number of carbonyl (C=O) groups is 2. The molecule has 0 aliphatic carbocycles. The van der Waals surface area contributed by atoms with E-state index in [-0.39, 0.29) is 11.6 Å². The van der Waals surface area contributed by atoms with Crippen molar-refractivity contribution < 1.29 is 18.7 Å². The first-order chi connectivity index (χ1) is 17.7. The molecule has 11 nitrogen and oxygen atoms in total. The van der Waals surface area contributed by atoms with Crippen LogP contribution in [0, 0.1) is 0 Å². The van der Waals surface area contributed by atoms with E-state index in [0.29, 0.717) is 43.3 Å². The first-order valence-electron chi connectivity index (χ1n) is 11.4. The third kappa shape index (κ3) is 5.14. The van der Waals surface area contributed by atoms with Gasteiger partial charge in [0.15, 0.2) is 18.1 Å². The van der Waals surface area contributed by atoms with Gasteiger partial charge in [0.25, 0.3) is 5.91 Å². The van der Waals surface area contributed by atoms with Crippen molar-refractivity contribution >= 4 is 29.5 Å². The maximum atomic E-state index is 13.1. The Hall–Kier alpha value is -4.80. The highest BCUT2D eigenvalue weighted by molar-refractivity contribution is 6.15. The molecule has 0 N–H and O–H groups in total. The van der Waals surface area contributed by atoms with Gasteiger partial charge in [-0.25, -0.2) is 9.78 Å². The lowest BCUT2D eigenvalue weighted by Gasteiger charge is -2.35. The Bertz CT molecular complexity index is 1330. The van der Waals surface area contributed by atoms with Gasteiger partial charge in [0, 0.05) is 44.0 Å². The van der Waals surface area contributed by atoms with Crippen LogP contribution in [-0.2, 0) is 14.3 Å². The fourth-order valence-electron chi connectivity index (χ4n) is 3.85. The summed E-state index contributed by atoms with van der Waals surface area (Å²) in [6.45, 7) is 1.90. The number of hydrogen-bond acceptors (Lipinski definition) is 9. The fourth-order valence-corrected chi connectivity index (χ4v) is 3.85. The number of benzene rings is 1. The second kappa shape index (κ2) is 10.6. The van der Waals surface area contributed by atoms with Crippen molar-refractivity contribution in [2.75, 3.05) is 37.7 Å². The first kappa shape index (κ1) is 23.0. The van der Waals surface area contributed by atoms with E-state index >= 15 is 0 Å². The molecule has 0 spiro atoms. The average Bonchev–Trinajstić information content (AvgIpc) is 3.64. The predicted molar refractivity (Wildman–Crippen MR) is 130 cm³/mol. The lowest BCUT2D eigenvalue weighted by molar-refractivity contribution is -0.147. The minimum atomic E-state index is -0.753. The van der Waals surface area contributed by atoms with Crippen molar-refractivity contribution in [1.29, 1.82) is 0 Å². The van der Waals surface area contributed by atoms with Crippen LogP contribution in [0.1, 0.15) is 5.76 Å². The molecule has 182 valence electrons. The normalized spacial score (nSPS) is 14.1. The molecule has 1 fully saturated rings. The highest BCUT2D eigenvalue weighted by Crippen LogP contribution is 2.21. The summed E-state index contributed by atoms with van der Waals surface area (Å²) in [5.74, 6) is 0.605. The van der Waals surface area contributed by atoms with E-state index in [2.05, 4.69) is 25.4 Å². The maximum absolute atomic E-state index is 13.1. The lowest BCUT2D eigenvalue weighted by Crippen LogP contribution is -2.50. The van der Waals surface area contributed by atoms with Crippen LogP contribution in [0.25, 0.3) is 23.2 Å². The zero-order valence-electron chi connectivity index (χ0n) is 19.3. The summed E-state index contributed by atoms with van der Waals surface area (Å²) >= 11 is 0. The standard InChI is InChI=1S/C25H23N7O4/c33-23(31-14-12-30(13-15-31)22-10-4-5-11-26-22)18-36-25(34)21(17-20-9-6-16-35-20)32-24(27-28-29-32)19-7-2-1-3-8-19/h1-11,16-17H,12-15,18H2/b21-17-. The Labute approximate surface area is 206 Å². The van der Waals surface area contributed by atoms with Gasteiger partial charge in [0.1, 0.15) is 11.6 Å². The third-order valence-electron chi connectivity index (χ3n) is 5.69. The molecule has 36 heavy (non-hydrogen) atoms. The van der Waals surface area contributed by atoms with E-state index in [9.17, 15) is 9.59 Å². The van der Waals surface area contributed by atoms with Gasteiger partial charge in [-0.2, -0.15) is 4.68 Å². The number of hydrogen-bond donors (Lipinski definition) is 0. The second-order valence-corrected chi connectivity index (χ2v) is 7.96. The fraction of sp³-hybridized carbons (Fsp3) is 0.200. The van der Waals surface area contributed by atoms with Gasteiger partial charge >= 0.3 is 5.97 Å². The number of furan rings is 1. The molecule has 5 rings (SSSR count). The zero-order valence-corrected chi connectivity index (χ0v) is 19.3. The number of piperazine rings is 1. The van der Waals surface area contributed by atoms with E-state index < -0.39 is 12.6 Å². The molecule has 0 bridgehead atoms. The first-order valence-corrected chi connectivity index (χ1v) is 11.4. The average molecular weight is 486 g/mol. The number of amides is 1. The molecule has 1 aromatic carbocycles. The molecule has 11 heteroatoms. The summed E-state index contributed by atoms with van der Waals surface area (Å²) in [5, 5.41) is 11.8. The molecule has 1 saturated heterocycles. The predicted octanol–water partition coefficient (Wildman–Crippen LogP) is 2.22. The number of anilines is 1. The van der Waals surface area contributed by atoms with Gasteiger partial charge in [-0.3, -0.25) is 4.79 Å². The van der Waals surface area contributed by atoms with E-state index in [1.165, 1.54) is 17.0 Å². The molecule has 0 atom stereocenters. The largest absolute Gasteiger partial charge is 0.465 e. The van der Waals surface area contributed by atoms with Gasteiger partial charge in [-0.15, -0.1) is 5.10 Å². The van der Waals surface area contributed by atoms with Crippen molar-refractivity contribution in [1.82, 2.24) is 30.1 Å². The van der Waals surface area contributed by atoms with Gasteiger partial charge < -0.3 is 19.0 Å². The lowest BCUT2D eigenvalue weighted by atomic mass is 10.2. The van der Waals surface area contributed by atoms with Gasteiger partial charge in [0.2, 0.25) is 0 Å². The van der Waals surface area contributed by atoms with Crippen LogP contribution in [0.3, 0.4) is 0 Å². The zero-order chi connectivity index (χ0) is 24.7. The number of tetrazole rings is 1. The number of pyridine rings is 1. The summed E-state index contributed by atoms with van der Waals surface area (Å²) in [6.07, 6.45) is 4.70. The van der Waals surface area contributed by atoms with Crippen LogP contribution in [0.5, 0.6) is 0 Å². The number of ether oxygens (including phenoxy) is 1. The molecular weight excluding hydrogens is 462 g/mol. The summed E-state index contributed by atoms with van der Waals surface area (Å²) in [7, 11) is 0. The summed E-state index contributed by atoms with van der Waals surface area (Å²) < 4.78 is 12.1. The molecule has 1 amide bonds. The van der Waals surface area contributed by atoms with Crippen LogP contribution in [0.2, 0.25) is 0 Å². The minimum absolute atomic E-state index is 0.0153. The minimum Gasteiger partial charge on any atom is -0.465 e. The van der Waals surface area contributed by atoms with Crippen LogP contribution >= 0.6 is 0 Å². The van der Waals surface area contributed by atoms with E-state index in [1.54, 1.807) is 23.2 Å². The topological polar surface area (TPSA) is 119 Å².